The van der Waals surface area contributed by atoms with Crippen LogP contribution < -0.4 is 9.47 Å². The Balaban J connectivity index is 2.24. The van der Waals surface area contributed by atoms with Crippen LogP contribution in [0.4, 0.5) is 4.39 Å². The lowest BCUT2D eigenvalue weighted by Crippen LogP contribution is -2.05. The molecule has 0 aliphatic carbocycles. The molecule has 3 nitrogen and oxygen atoms in total. The van der Waals surface area contributed by atoms with Gasteiger partial charge >= 0.3 is 0 Å². The van der Waals surface area contributed by atoms with Gasteiger partial charge in [0.1, 0.15) is 10.6 Å². The summed E-state index contributed by atoms with van der Waals surface area (Å²) in [5.41, 5.74) is 0.319. The molecule has 100 valence electrons. The number of benzene rings is 1. The highest BCUT2D eigenvalue weighted by Crippen LogP contribution is 2.27. The number of rotatable bonds is 5. The SMILES string of the molecule is COc1ccsc1C(=O)Cc1cccc(OC)c1F. The monoisotopic (exact) mass is 280 g/mol. The Hall–Kier alpha value is -1.88. The number of methoxy groups -OCH3 is 2. The van der Waals surface area contributed by atoms with Crippen LogP contribution in [-0.2, 0) is 6.42 Å². The van der Waals surface area contributed by atoms with Gasteiger partial charge in [0.05, 0.1) is 14.2 Å². The van der Waals surface area contributed by atoms with Crippen LogP contribution in [0.2, 0.25) is 0 Å². The molecule has 1 aromatic heterocycles. The third-order valence-electron chi connectivity index (χ3n) is 2.72. The molecule has 0 N–H and O–H groups in total. The molecular formula is C14H13FO3S. The number of Topliss-reactive ketones (excluding diaryl/α,β-unsaturated/α-hetero) is 1. The van der Waals surface area contributed by atoms with E-state index in [2.05, 4.69) is 0 Å². The van der Waals surface area contributed by atoms with Crippen LogP contribution in [0.5, 0.6) is 11.5 Å². The Morgan fingerprint density at radius 2 is 1.95 bits per heavy atom. The second-order valence-corrected chi connectivity index (χ2v) is 4.77. The third kappa shape index (κ3) is 2.76. The lowest BCUT2D eigenvalue weighted by atomic mass is 10.1. The van der Waals surface area contributed by atoms with Crippen LogP contribution in [0.1, 0.15) is 15.2 Å². The van der Waals surface area contributed by atoms with Gasteiger partial charge in [-0.25, -0.2) is 4.39 Å². The molecule has 0 saturated heterocycles. The van der Waals surface area contributed by atoms with Gasteiger partial charge in [0.2, 0.25) is 0 Å². The average molecular weight is 280 g/mol. The summed E-state index contributed by atoms with van der Waals surface area (Å²) in [5, 5.41) is 1.77. The molecule has 2 rings (SSSR count). The van der Waals surface area contributed by atoms with Crippen LogP contribution in [0.25, 0.3) is 0 Å². The number of ketones is 1. The van der Waals surface area contributed by atoms with E-state index in [0.29, 0.717) is 16.2 Å². The number of thiophene rings is 1. The molecule has 0 aliphatic heterocycles. The molecule has 19 heavy (non-hydrogen) atoms. The molecule has 0 spiro atoms. The maximum atomic E-state index is 14.0. The lowest BCUT2D eigenvalue weighted by Gasteiger charge is -2.07. The van der Waals surface area contributed by atoms with Crippen LogP contribution in [0.15, 0.2) is 29.6 Å². The first-order valence-corrected chi connectivity index (χ1v) is 6.51. The minimum Gasteiger partial charge on any atom is -0.495 e. The quantitative estimate of drug-likeness (QED) is 0.788. The maximum Gasteiger partial charge on any atom is 0.181 e. The molecule has 0 fully saturated rings. The zero-order valence-electron chi connectivity index (χ0n) is 10.6. The van der Waals surface area contributed by atoms with Crippen molar-refractivity contribution >= 4 is 17.1 Å². The van der Waals surface area contributed by atoms with Gasteiger partial charge in [-0.05, 0) is 23.1 Å². The summed E-state index contributed by atoms with van der Waals surface area (Å²) >= 11 is 1.29. The number of hydrogen-bond donors (Lipinski definition) is 0. The van der Waals surface area contributed by atoms with E-state index in [1.807, 2.05) is 0 Å². The standard InChI is InChI=1S/C14H13FO3S/c1-17-11-5-3-4-9(13(11)15)8-10(16)14-12(18-2)6-7-19-14/h3-7H,8H2,1-2H3. The number of halogens is 1. The first-order chi connectivity index (χ1) is 9.17. The summed E-state index contributed by atoms with van der Waals surface area (Å²) in [7, 11) is 2.90. The summed E-state index contributed by atoms with van der Waals surface area (Å²) in [6.07, 6.45) is -0.0140. The topological polar surface area (TPSA) is 35.5 Å². The van der Waals surface area contributed by atoms with E-state index in [1.165, 1.54) is 31.6 Å². The van der Waals surface area contributed by atoms with Crippen LogP contribution in [0.3, 0.4) is 0 Å². The van der Waals surface area contributed by atoms with Crippen molar-refractivity contribution in [1.29, 1.82) is 0 Å². The molecule has 2 aromatic rings. The molecule has 0 bridgehead atoms. The maximum absolute atomic E-state index is 14.0. The van der Waals surface area contributed by atoms with Gasteiger partial charge in [0.25, 0.3) is 0 Å². The highest BCUT2D eigenvalue weighted by atomic mass is 32.1. The summed E-state index contributed by atoms with van der Waals surface area (Å²) < 4.78 is 23.9. The van der Waals surface area contributed by atoms with Gasteiger partial charge < -0.3 is 9.47 Å². The molecule has 0 saturated carbocycles. The smallest absolute Gasteiger partial charge is 0.181 e. The van der Waals surface area contributed by atoms with E-state index >= 15 is 0 Å². The highest BCUT2D eigenvalue weighted by molar-refractivity contribution is 7.12. The molecular weight excluding hydrogens is 267 g/mol. The first kappa shape index (κ1) is 13.5. The molecule has 1 aromatic carbocycles. The molecule has 0 amide bonds. The van der Waals surface area contributed by atoms with Crippen molar-refractivity contribution in [1.82, 2.24) is 0 Å². The van der Waals surface area contributed by atoms with E-state index in [9.17, 15) is 9.18 Å². The van der Waals surface area contributed by atoms with E-state index in [4.69, 9.17) is 9.47 Å². The average Bonchev–Trinajstić information content (AvgIpc) is 2.89. The van der Waals surface area contributed by atoms with Crippen molar-refractivity contribution in [2.45, 2.75) is 6.42 Å². The summed E-state index contributed by atoms with van der Waals surface area (Å²) in [5.74, 6) is 0.00891. The Kier molecular flexibility index (Phi) is 4.16. The van der Waals surface area contributed by atoms with Gasteiger partial charge in [-0.2, -0.15) is 0 Å². The van der Waals surface area contributed by atoms with E-state index < -0.39 is 5.82 Å². The van der Waals surface area contributed by atoms with Gasteiger partial charge in [0, 0.05) is 6.42 Å². The van der Waals surface area contributed by atoms with Gasteiger partial charge in [-0.15, -0.1) is 11.3 Å². The van der Waals surface area contributed by atoms with Crippen molar-refractivity contribution in [2.24, 2.45) is 0 Å². The second kappa shape index (κ2) is 5.84. The van der Waals surface area contributed by atoms with Crippen LogP contribution in [0, 0.1) is 5.82 Å². The van der Waals surface area contributed by atoms with Gasteiger partial charge in [0.15, 0.2) is 17.3 Å². The lowest BCUT2D eigenvalue weighted by molar-refractivity contribution is 0.0993. The Morgan fingerprint density at radius 1 is 1.21 bits per heavy atom. The zero-order valence-corrected chi connectivity index (χ0v) is 11.4. The number of carbonyl (C=O) groups is 1. The zero-order chi connectivity index (χ0) is 13.8. The highest BCUT2D eigenvalue weighted by Gasteiger charge is 2.17. The third-order valence-corrected chi connectivity index (χ3v) is 3.65. The normalized spacial score (nSPS) is 10.3. The van der Waals surface area contributed by atoms with Crippen molar-refractivity contribution in [2.75, 3.05) is 14.2 Å². The number of ether oxygens (including phenoxy) is 2. The molecule has 0 unspecified atom stereocenters. The van der Waals surface area contributed by atoms with Gasteiger partial charge in [-0.3, -0.25) is 4.79 Å². The fourth-order valence-electron chi connectivity index (χ4n) is 1.77. The molecule has 1 heterocycles. The summed E-state index contributed by atoms with van der Waals surface area (Å²) in [6.45, 7) is 0. The number of carbonyl (C=O) groups excluding carboxylic acids is 1. The fraction of sp³-hybridized carbons (Fsp3) is 0.214. The van der Waals surface area contributed by atoms with Crippen LogP contribution >= 0.6 is 11.3 Å². The van der Waals surface area contributed by atoms with Crippen molar-refractivity contribution in [3.63, 3.8) is 0 Å². The number of hydrogen-bond acceptors (Lipinski definition) is 4. The van der Waals surface area contributed by atoms with E-state index in [1.54, 1.807) is 23.6 Å². The Bertz CT molecular complexity index is 592. The van der Waals surface area contributed by atoms with Gasteiger partial charge in [-0.1, -0.05) is 12.1 Å². The fourth-order valence-corrected chi connectivity index (χ4v) is 2.56. The predicted molar refractivity (Wildman–Crippen MR) is 71.9 cm³/mol. The molecule has 0 atom stereocenters. The van der Waals surface area contributed by atoms with Crippen molar-refractivity contribution in [3.05, 3.63) is 45.9 Å². The summed E-state index contributed by atoms with van der Waals surface area (Å²) in [4.78, 5) is 12.6. The van der Waals surface area contributed by atoms with Crippen molar-refractivity contribution < 1.29 is 18.7 Å². The second-order valence-electron chi connectivity index (χ2n) is 3.85. The minimum atomic E-state index is -0.492. The Labute approximate surface area is 114 Å². The molecule has 0 radical (unpaired) electrons. The Morgan fingerprint density at radius 3 is 2.63 bits per heavy atom. The molecule has 0 aliphatic rings. The first-order valence-electron chi connectivity index (χ1n) is 5.63. The largest absolute Gasteiger partial charge is 0.495 e. The van der Waals surface area contributed by atoms with E-state index in [-0.39, 0.29) is 18.0 Å². The minimum absolute atomic E-state index is 0.0140. The van der Waals surface area contributed by atoms with E-state index in [0.717, 1.165) is 0 Å². The summed E-state index contributed by atoms with van der Waals surface area (Å²) in [6, 6.07) is 6.49. The van der Waals surface area contributed by atoms with Crippen molar-refractivity contribution in [3.8, 4) is 11.5 Å². The van der Waals surface area contributed by atoms with Crippen LogP contribution in [-0.4, -0.2) is 20.0 Å². The molecule has 5 heteroatoms. The predicted octanol–water partition coefficient (Wildman–Crippen LogP) is 3.33.